The molecule has 5 nitrogen and oxygen atoms in total. The number of halogens is 1. The molecule has 2 aromatic rings. The maximum Gasteiger partial charge on any atom is 0.233 e. The van der Waals surface area contributed by atoms with Crippen LogP contribution in [-0.4, -0.2) is 32.0 Å². The standard InChI is InChI=1S/C16H19ClN4OS/c1-3-21-14(11-4-6-12(17)7-5-11)19-20-16(21)23-10(2)15(22)18-13-8-9-13/h4-7,10,13H,3,8-9H2,1-2H3,(H,18,22). The first-order valence-electron chi connectivity index (χ1n) is 7.74. The van der Waals surface area contributed by atoms with Gasteiger partial charge in [0.1, 0.15) is 0 Å². The van der Waals surface area contributed by atoms with Gasteiger partial charge in [0.05, 0.1) is 5.25 Å². The van der Waals surface area contributed by atoms with Gasteiger partial charge in [0, 0.05) is 23.2 Å². The van der Waals surface area contributed by atoms with E-state index in [1.54, 1.807) is 0 Å². The Morgan fingerprint density at radius 2 is 2.09 bits per heavy atom. The number of amides is 1. The highest BCUT2D eigenvalue weighted by atomic mass is 35.5. The van der Waals surface area contributed by atoms with Gasteiger partial charge < -0.3 is 9.88 Å². The van der Waals surface area contributed by atoms with E-state index in [2.05, 4.69) is 15.5 Å². The first kappa shape index (κ1) is 16.3. The van der Waals surface area contributed by atoms with Gasteiger partial charge in [-0.15, -0.1) is 10.2 Å². The Balaban J connectivity index is 1.77. The number of benzene rings is 1. The fraction of sp³-hybridized carbons (Fsp3) is 0.438. The van der Waals surface area contributed by atoms with Crippen molar-refractivity contribution < 1.29 is 4.79 Å². The quantitative estimate of drug-likeness (QED) is 0.811. The monoisotopic (exact) mass is 350 g/mol. The Labute approximate surface area is 144 Å². The van der Waals surface area contributed by atoms with Gasteiger partial charge in [0.15, 0.2) is 11.0 Å². The Hall–Kier alpha value is -1.53. The van der Waals surface area contributed by atoms with Crippen LogP contribution in [0, 0.1) is 0 Å². The molecule has 23 heavy (non-hydrogen) atoms. The number of thioether (sulfide) groups is 1. The van der Waals surface area contributed by atoms with Gasteiger partial charge in [-0.25, -0.2) is 0 Å². The molecule has 1 unspecified atom stereocenters. The molecule has 122 valence electrons. The average Bonchev–Trinajstić information content (AvgIpc) is 3.26. The highest BCUT2D eigenvalue weighted by Gasteiger charge is 2.27. The maximum absolute atomic E-state index is 12.1. The molecular weight excluding hydrogens is 332 g/mol. The largest absolute Gasteiger partial charge is 0.352 e. The van der Waals surface area contributed by atoms with Crippen molar-refractivity contribution in [3.8, 4) is 11.4 Å². The van der Waals surface area contributed by atoms with Crippen molar-refractivity contribution in [2.24, 2.45) is 0 Å². The molecule has 0 aliphatic heterocycles. The van der Waals surface area contributed by atoms with Crippen molar-refractivity contribution in [2.45, 2.75) is 49.7 Å². The summed E-state index contributed by atoms with van der Waals surface area (Å²) in [6.07, 6.45) is 2.18. The van der Waals surface area contributed by atoms with Crippen molar-refractivity contribution >= 4 is 29.3 Å². The summed E-state index contributed by atoms with van der Waals surface area (Å²) in [6, 6.07) is 7.90. The fourth-order valence-corrected chi connectivity index (χ4v) is 3.28. The third-order valence-electron chi connectivity index (χ3n) is 3.71. The minimum atomic E-state index is -0.192. The summed E-state index contributed by atoms with van der Waals surface area (Å²) in [5, 5.41) is 12.8. The number of nitrogens with zero attached hydrogens (tertiary/aromatic N) is 3. The zero-order valence-electron chi connectivity index (χ0n) is 13.1. The third-order valence-corrected chi connectivity index (χ3v) is 5.04. The fourth-order valence-electron chi connectivity index (χ4n) is 2.23. The third kappa shape index (κ3) is 3.87. The van der Waals surface area contributed by atoms with Crippen LogP contribution in [0.5, 0.6) is 0 Å². The molecule has 0 spiro atoms. The van der Waals surface area contributed by atoms with Crippen molar-refractivity contribution in [2.75, 3.05) is 0 Å². The van der Waals surface area contributed by atoms with E-state index in [0.717, 1.165) is 35.9 Å². The van der Waals surface area contributed by atoms with E-state index >= 15 is 0 Å². The van der Waals surface area contributed by atoms with Crippen LogP contribution in [0.25, 0.3) is 11.4 Å². The molecule has 0 radical (unpaired) electrons. The summed E-state index contributed by atoms with van der Waals surface area (Å²) in [6.45, 7) is 4.69. The number of carbonyl (C=O) groups is 1. The smallest absolute Gasteiger partial charge is 0.233 e. The predicted octanol–water partition coefficient (Wildman–Crippen LogP) is 3.38. The summed E-state index contributed by atoms with van der Waals surface area (Å²) < 4.78 is 2.02. The SMILES string of the molecule is CCn1c(SC(C)C(=O)NC2CC2)nnc1-c1ccc(Cl)cc1. The van der Waals surface area contributed by atoms with Gasteiger partial charge in [-0.1, -0.05) is 23.4 Å². The lowest BCUT2D eigenvalue weighted by Crippen LogP contribution is -2.32. The van der Waals surface area contributed by atoms with Crippen molar-refractivity contribution in [1.29, 1.82) is 0 Å². The lowest BCUT2D eigenvalue weighted by molar-refractivity contribution is -0.120. The average molecular weight is 351 g/mol. The van der Waals surface area contributed by atoms with E-state index in [0.29, 0.717) is 11.1 Å². The molecular formula is C16H19ClN4OS. The summed E-state index contributed by atoms with van der Waals surface area (Å²) in [4.78, 5) is 12.1. The van der Waals surface area contributed by atoms with Crippen LogP contribution in [0.3, 0.4) is 0 Å². The Morgan fingerprint density at radius 1 is 1.39 bits per heavy atom. The summed E-state index contributed by atoms with van der Waals surface area (Å²) in [7, 11) is 0. The van der Waals surface area contributed by atoms with Gasteiger partial charge in [-0.2, -0.15) is 0 Å². The van der Waals surface area contributed by atoms with E-state index in [9.17, 15) is 4.79 Å². The first-order valence-corrected chi connectivity index (χ1v) is 9.00. The van der Waals surface area contributed by atoms with E-state index in [1.165, 1.54) is 11.8 Å². The summed E-state index contributed by atoms with van der Waals surface area (Å²) in [5.74, 6) is 0.859. The molecule has 0 bridgehead atoms. The predicted molar refractivity (Wildman–Crippen MR) is 92.6 cm³/mol. The number of rotatable bonds is 6. The van der Waals surface area contributed by atoms with Crippen LogP contribution >= 0.6 is 23.4 Å². The lowest BCUT2D eigenvalue weighted by atomic mass is 10.2. The molecule has 1 aromatic carbocycles. The molecule has 1 N–H and O–H groups in total. The topological polar surface area (TPSA) is 59.8 Å². The van der Waals surface area contributed by atoms with Crippen molar-refractivity contribution in [3.05, 3.63) is 29.3 Å². The molecule has 1 atom stereocenters. The van der Waals surface area contributed by atoms with E-state index in [-0.39, 0.29) is 11.2 Å². The zero-order valence-corrected chi connectivity index (χ0v) is 14.7. The Morgan fingerprint density at radius 3 is 2.70 bits per heavy atom. The van der Waals surface area contributed by atoms with Crippen LogP contribution < -0.4 is 5.32 Å². The second-order valence-electron chi connectivity index (χ2n) is 5.60. The highest BCUT2D eigenvalue weighted by Crippen LogP contribution is 2.28. The van der Waals surface area contributed by atoms with Crippen molar-refractivity contribution in [3.63, 3.8) is 0 Å². The van der Waals surface area contributed by atoms with E-state index in [4.69, 9.17) is 11.6 Å². The van der Waals surface area contributed by atoms with Gasteiger partial charge in [0.25, 0.3) is 0 Å². The molecule has 1 aromatic heterocycles. The van der Waals surface area contributed by atoms with E-state index < -0.39 is 0 Å². The molecule has 1 amide bonds. The van der Waals surface area contributed by atoms with Crippen LogP contribution in [0.1, 0.15) is 26.7 Å². The molecule has 3 rings (SSSR count). The minimum Gasteiger partial charge on any atom is -0.352 e. The highest BCUT2D eigenvalue weighted by molar-refractivity contribution is 8.00. The van der Waals surface area contributed by atoms with Gasteiger partial charge in [-0.3, -0.25) is 4.79 Å². The second-order valence-corrected chi connectivity index (χ2v) is 7.34. The number of hydrogen-bond acceptors (Lipinski definition) is 4. The van der Waals surface area contributed by atoms with Crippen LogP contribution in [0.15, 0.2) is 29.4 Å². The summed E-state index contributed by atoms with van der Waals surface area (Å²) in [5.41, 5.74) is 0.964. The molecule has 7 heteroatoms. The Bertz CT molecular complexity index is 697. The van der Waals surface area contributed by atoms with Crippen LogP contribution in [-0.2, 0) is 11.3 Å². The van der Waals surface area contributed by atoms with Crippen LogP contribution in [0.4, 0.5) is 0 Å². The maximum atomic E-state index is 12.1. The number of hydrogen-bond donors (Lipinski definition) is 1. The lowest BCUT2D eigenvalue weighted by Gasteiger charge is -2.12. The number of aromatic nitrogens is 3. The normalized spacial score (nSPS) is 15.4. The van der Waals surface area contributed by atoms with Gasteiger partial charge >= 0.3 is 0 Å². The second kappa shape index (κ2) is 6.93. The minimum absolute atomic E-state index is 0.0659. The van der Waals surface area contributed by atoms with E-state index in [1.807, 2.05) is 42.7 Å². The van der Waals surface area contributed by atoms with Gasteiger partial charge in [0.2, 0.25) is 5.91 Å². The molecule has 0 saturated heterocycles. The molecule has 1 aliphatic rings. The number of nitrogens with one attached hydrogen (secondary N) is 1. The first-order chi connectivity index (χ1) is 11.1. The molecule has 1 fully saturated rings. The molecule has 1 aliphatic carbocycles. The van der Waals surface area contributed by atoms with Crippen molar-refractivity contribution in [1.82, 2.24) is 20.1 Å². The van der Waals surface area contributed by atoms with Gasteiger partial charge in [-0.05, 0) is 51.0 Å². The molecule has 1 heterocycles. The number of carbonyl (C=O) groups excluding carboxylic acids is 1. The zero-order chi connectivity index (χ0) is 16.4. The van der Waals surface area contributed by atoms with Crippen LogP contribution in [0.2, 0.25) is 5.02 Å². The molecule has 1 saturated carbocycles. The Kier molecular flexibility index (Phi) is 4.92. The summed E-state index contributed by atoms with van der Waals surface area (Å²) >= 11 is 7.38.